The molecule has 0 aliphatic heterocycles. The zero-order valence-corrected chi connectivity index (χ0v) is 16.2. The number of halogens is 1. The van der Waals surface area contributed by atoms with E-state index in [1.807, 2.05) is 24.3 Å². The van der Waals surface area contributed by atoms with Crippen LogP contribution < -0.4 is 4.18 Å². The molecule has 3 aromatic carbocycles. The Kier molecular flexibility index (Phi) is 5.29. The molecule has 0 aliphatic carbocycles. The SMILES string of the molecule is CCOC(=O)c1cc(Br)ccc1OS(=O)(=O)c1ccc2ccccc2c1. The summed E-state index contributed by atoms with van der Waals surface area (Å²) in [6.45, 7) is 1.84. The van der Waals surface area contributed by atoms with Gasteiger partial charge in [-0.15, -0.1) is 0 Å². The molecule has 0 N–H and O–H groups in total. The monoisotopic (exact) mass is 434 g/mol. The van der Waals surface area contributed by atoms with Crippen molar-refractivity contribution in [2.24, 2.45) is 0 Å². The molecule has 0 heterocycles. The molecule has 0 saturated heterocycles. The lowest BCUT2D eigenvalue weighted by Crippen LogP contribution is -2.13. The van der Waals surface area contributed by atoms with Crippen LogP contribution in [0.25, 0.3) is 10.8 Å². The van der Waals surface area contributed by atoms with Crippen LogP contribution in [0.5, 0.6) is 5.75 Å². The molecule has 0 aromatic heterocycles. The van der Waals surface area contributed by atoms with Gasteiger partial charge in [-0.2, -0.15) is 8.42 Å². The summed E-state index contributed by atoms with van der Waals surface area (Å²) in [5.41, 5.74) is 0.0330. The summed E-state index contributed by atoms with van der Waals surface area (Å²) >= 11 is 3.25. The van der Waals surface area contributed by atoms with Crippen LogP contribution in [0.4, 0.5) is 0 Å². The molecule has 134 valence electrons. The van der Waals surface area contributed by atoms with Gasteiger partial charge in [0.15, 0.2) is 5.75 Å². The molecule has 3 rings (SSSR count). The van der Waals surface area contributed by atoms with Gasteiger partial charge in [-0.05, 0) is 48.0 Å². The number of carbonyl (C=O) groups excluding carboxylic acids is 1. The fraction of sp³-hybridized carbons (Fsp3) is 0.105. The van der Waals surface area contributed by atoms with Crippen LogP contribution in [-0.2, 0) is 14.9 Å². The van der Waals surface area contributed by atoms with Gasteiger partial charge in [-0.25, -0.2) is 4.79 Å². The fourth-order valence-corrected chi connectivity index (χ4v) is 3.78. The molecule has 3 aromatic rings. The van der Waals surface area contributed by atoms with Crippen LogP contribution in [-0.4, -0.2) is 21.0 Å². The van der Waals surface area contributed by atoms with E-state index in [2.05, 4.69) is 15.9 Å². The van der Waals surface area contributed by atoms with Gasteiger partial charge in [0.2, 0.25) is 0 Å². The number of ether oxygens (including phenoxy) is 1. The zero-order chi connectivity index (χ0) is 18.7. The second-order valence-electron chi connectivity index (χ2n) is 5.41. The summed E-state index contributed by atoms with van der Waals surface area (Å²) in [5, 5.41) is 1.70. The number of benzene rings is 3. The van der Waals surface area contributed by atoms with Gasteiger partial charge in [0.1, 0.15) is 10.5 Å². The first-order chi connectivity index (χ1) is 12.4. The number of hydrogen-bond donors (Lipinski definition) is 0. The Hall–Kier alpha value is -2.38. The fourth-order valence-electron chi connectivity index (χ4n) is 2.43. The molecule has 26 heavy (non-hydrogen) atoms. The Bertz CT molecular complexity index is 1080. The average Bonchev–Trinajstić information content (AvgIpc) is 2.63. The first-order valence-corrected chi connectivity index (χ1v) is 10.0. The summed E-state index contributed by atoms with van der Waals surface area (Å²) in [6, 6.07) is 16.6. The quantitative estimate of drug-likeness (QED) is 0.435. The number of hydrogen-bond acceptors (Lipinski definition) is 5. The predicted octanol–water partition coefficient (Wildman–Crippen LogP) is 4.55. The minimum Gasteiger partial charge on any atom is -0.462 e. The van der Waals surface area contributed by atoms with E-state index in [0.717, 1.165) is 10.8 Å². The van der Waals surface area contributed by atoms with Gasteiger partial charge >= 0.3 is 16.1 Å². The number of carbonyl (C=O) groups is 1. The third-order valence-corrected chi connectivity index (χ3v) is 5.37. The second-order valence-corrected chi connectivity index (χ2v) is 7.87. The van der Waals surface area contributed by atoms with Gasteiger partial charge in [0.05, 0.1) is 6.61 Å². The number of rotatable bonds is 5. The number of fused-ring (bicyclic) bond motifs is 1. The molecule has 0 aliphatic rings. The Balaban J connectivity index is 2.00. The summed E-state index contributed by atoms with van der Waals surface area (Å²) in [4.78, 5) is 12.1. The summed E-state index contributed by atoms with van der Waals surface area (Å²) in [7, 11) is -4.11. The lowest BCUT2D eigenvalue weighted by atomic mass is 10.1. The maximum Gasteiger partial charge on any atom is 0.342 e. The van der Waals surface area contributed by atoms with Crippen molar-refractivity contribution in [2.75, 3.05) is 6.61 Å². The topological polar surface area (TPSA) is 69.7 Å². The van der Waals surface area contributed by atoms with Crippen molar-refractivity contribution in [1.29, 1.82) is 0 Å². The second kappa shape index (κ2) is 7.47. The molecule has 7 heteroatoms. The highest BCUT2D eigenvalue weighted by molar-refractivity contribution is 9.10. The van der Waals surface area contributed by atoms with Crippen molar-refractivity contribution in [3.8, 4) is 5.75 Å². The third-order valence-electron chi connectivity index (χ3n) is 3.65. The van der Waals surface area contributed by atoms with E-state index in [9.17, 15) is 13.2 Å². The van der Waals surface area contributed by atoms with Crippen molar-refractivity contribution < 1.29 is 22.1 Å². The molecule has 0 bridgehead atoms. The predicted molar refractivity (Wildman–Crippen MR) is 102 cm³/mol. The van der Waals surface area contributed by atoms with Crippen molar-refractivity contribution in [2.45, 2.75) is 11.8 Å². The molecular formula is C19H15BrO5S. The first-order valence-electron chi connectivity index (χ1n) is 7.80. The zero-order valence-electron chi connectivity index (χ0n) is 13.8. The van der Waals surface area contributed by atoms with Gasteiger partial charge in [0, 0.05) is 4.47 Å². The van der Waals surface area contributed by atoms with Gasteiger partial charge < -0.3 is 8.92 Å². The highest BCUT2D eigenvalue weighted by Gasteiger charge is 2.22. The lowest BCUT2D eigenvalue weighted by Gasteiger charge is -2.12. The van der Waals surface area contributed by atoms with Crippen molar-refractivity contribution >= 4 is 42.8 Å². The maximum atomic E-state index is 12.7. The van der Waals surface area contributed by atoms with Crippen LogP contribution in [0.2, 0.25) is 0 Å². The smallest absolute Gasteiger partial charge is 0.342 e. The van der Waals surface area contributed by atoms with E-state index in [0.29, 0.717) is 4.47 Å². The largest absolute Gasteiger partial charge is 0.462 e. The molecule has 0 unspecified atom stereocenters. The van der Waals surface area contributed by atoms with Crippen LogP contribution in [0.3, 0.4) is 0 Å². The Morgan fingerprint density at radius 3 is 2.46 bits per heavy atom. The molecular weight excluding hydrogens is 420 g/mol. The van der Waals surface area contributed by atoms with E-state index >= 15 is 0 Å². The van der Waals surface area contributed by atoms with Crippen LogP contribution in [0.1, 0.15) is 17.3 Å². The van der Waals surface area contributed by atoms with Crippen LogP contribution >= 0.6 is 15.9 Å². The normalized spacial score (nSPS) is 11.3. The highest BCUT2D eigenvalue weighted by Crippen LogP contribution is 2.28. The minimum absolute atomic E-state index is 0.00827. The van der Waals surface area contributed by atoms with E-state index in [1.165, 1.54) is 24.3 Å². The van der Waals surface area contributed by atoms with Gasteiger partial charge in [0.25, 0.3) is 0 Å². The van der Waals surface area contributed by atoms with E-state index in [1.54, 1.807) is 19.1 Å². The van der Waals surface area contributed by atoms with E-state index < -0.39 is 16.1 Å². The Morgan fingerprint density at radius 1 is 1.00 bits per heavy atom. The molecule has 0 spiro atoms. The van der Waals surface area contributed by atoms with Crippen LogP contribution in [0.15, 0.2) is 70.0 Å². The summed E-state index contributed by atoms with van der Waals surface area (Å²) in [6.07, 6.45) is 0. The van der Waals surface area contributed by atoms with Crippen molar-refractivity contribution in [3.63, 3.8) is 0 Å². The average molecular weight is 435 g/mol. The Morgan fingerprint density at radius 2 is 1.73 bits per heavy atom. The molecule has 0 saturated carbocycles. The lowest BCUT2D eigenvalue weighted by molar-refractivity contribution is 0.0524. The summed E-state index contributed by atoms with van der Waals surface area (Å²) in [5.74, 6) is -0.739. The number of esters is 1. The molecule has 0 amide bonds. The highest BCUT2D eigenvalue weighted by atomic mass is 79.9. The molecule has 0 atom stereocenters. The maximum absolute atomic E-state index is 12.7. The molecule has 0 fully saturated rings. The minimum atomic E-state index is -4.11. The van der Waals surface area contributed by atoms with Crippen molar-refractivity contribution in [3.05, 3.63) is 70.7 Å². The first kappa shape index (κ1) is 18.4. The van der Waals surface area contributed by atoms with Crippen LogP contribution in [0, 0.1) is 0 Å². The third kappa shape index (κ3) is 3.89. The summed E-state index contributed by atoms with van der Waals surface area (Å²) < 4.78 is 36.2. The standard InChI is InChI=1S/C19H15BrO5S/c1-2-24-19(21)17-12-15(20)8-10-18(17)25-26(22,23)16-9-7-13-5-3-4-6-14(13)11-16/h3-12H,2H2,1H3. The Labute approximate surface area is 159 Å². The molecule has 5 nitrogen and oxygen atoms in total. The van der Waals surface area contributed by atoms with E-state index in [4.69, 9.17) is 8.92 Å². The molecule has 0 radical (unpaired) electrons. The van der Waals surface area contributed by atoms with Gasteiger partial charge in [-0.3, -0.25) is 0 Å². The van der Waals surface area contributed by atoms with Gasteiger partial charge in [-0.1, -0.05) is 46.3 Å². The van der Waals surface area contributed by atoms with E-state index in [-0.39, 0.29) is 22.8 Å². The van der Waals surface area contributed by atoms with Crippen molar-refractivity contribution in [1.82, 2.24) is 0 Å².